The number of hydrogen-bond acceptors (Lipinski definition) is 6. The highest BCUT2D eigenvalue weighted by molar-refractivity contribution is 7.89. The third kappa shape index (κ3) is 4.52. The Balaban J connectivity index is 1.69. The fourth-order valence-corrected chi connectivity index (χ4v) is 6.41. The van der Waals surface area contributed by atoms with Crippen molar-refractivity contribution in [2.24, 2.45) is 0 Å². The average Bonchev–Trinajstić information content (AvgIpc) is 3.55. The van der Waals surface area contributed by atoms with Crippen LogP contribution in [-0.4, -0.2) is 53.4 Å². The van der Waals surface area contributed by atoms with Crippen molar-refractivity contribution < 1.29 is 22.3 Å². The Morgan fingerprint density at radius 2 is 1.79 bits per heavy atom. The molecule has 198 valence electrons. The summed E-state index contributed by atoms with van der Waals surface area (Å²) in [5.41, 5.74) is 3.42. The molecule has 1 fully saturated rings. The van der Waals surface area contributed by atoms with E-state index in [1.165, 1.54) is 23.5 Å². The smallest absolute Gasteiger partial charge is 0.276 e. The first-order valence-corrected chi connectivity index (χ1v) is 13.7. The molecule has 5 rings (SSSR count). The molecule has 4 aromatic rings. The van der Waals surface area contributed by atoms with Crippen LogP contribution in [0.3, 0.4) is 0 Å². The number of aromatic nitrogens is 3. The number of amides is 1. The molecule has 9 nitrogen and oxygen atoms in total. The van der Waals surface area contributed by atoms with Crippen LogP contribution in [0.4, 0.5) is 10.1 Å². The van der Waals surface area contributed by atoms with Crippen LogP contribution in [0, 0.1) is 26.6 Å². The number of halogens is 1. The summed E-state index contributed by atoms with van der Waals surface area (Å²) in [5, 5.41) is 7.24. The number of fused-ring (bicyclic) bond motifs is 1. The number of carbonyl (C=O) groups is 1. The van der Waals surface area contributed by atoms with Gasteiger partial charge < -0.3 is 10.1 Å². The van der Waals surface area contributed by atoms with Crippen molar-refractivity contribution in [2.45, 2.75) is 38.5 Å². The highest BCUT2D eigenvalue weighted by atomic mass is 32.2. The van der Waals surface area contributed by atoms with Crippen LogP contribution in [-0.2, 0) is 10.0 Å². The van der Waals surface area contributed by atoms with Gasteiger partial charge in [-0.1, -0.05) is 12.1 Å². The summed E-state index contributed by atoms with van der Waals surface area (Å²) in [5.74, 6) is -0.817. The fraction of sp³-hybridized carbons (Fsp3) is 0.296. The maximum absolute atomic E-state index is 14.1. The molecule has 1 N–H and O–H groups in total. The molecular formula is C27H28FN5O4S. The van der Waals surface area contributed by atoms with Gasteiger partial charge in [-0.05, 0) is 75.1 Å². The Morgan fingerprint density at radius 3 is 2.47 bits per heavy atom. The summed E-state index contributed by atoms with van der Waals surface area (Å²) in [4.78, 5) is 18.1. The lowest BCUT2D eigenvalue weighted by molar-refractivity contribution is 0.102. The van der Waals surface area contributed by atoms with E-state index in [0.717, 1.165) is 18.5 Å². The largest absolute Gasteiger partial charge is 0.495 e. The molecule has 1 aliphatic rings. The van der Waals surface area contributed by atoms with Gasteiger partial charge in [0.2, 0.25) is 10.0 Å². The van der Waals surface area contributed by atoms with Crippen LogP contribution in [0.5, 0.6) is 5.75 Å². The van der Waals surface area contributed by atoms with Gasteiger partial charge in [-0.15, -0.1) is 0 Å². The minimum absolute atomic E-state index is 0.00934. The quantitative estimate of drug-likeness (QED) is 0.388. The molecular weight excluding hydrogens is 509 g/mol. The number of aryl methyl sites for hydroxylation is 3. The van der Waals surface area contributed by atoms with Gasteiger partial charge in [0.15, 0.2) is 11.3 Å². The van der Waals surface area contributed by atoms with Crippen LogP contribution in [0.15, 0.2) is 47.4 Å². The monoisotopic (exact) mass is 537 g/mol. The number of rotatable bonds is 6. The zero-order valence-corrected chi connectivity index (χ0v) is 22.4. The second-order valence-corrected chi connectivity index (χ2v) is 11.3. The van der Waals surface area contributed by atoms with Crippen LogP contribution >= 0.6 is 0 Å². The predicted molar refractivity (Wildman–Crippen MR) is 142 cm³/mol. The molecule has 0 saturated carbocycles. The highest BCUT2D eigenvalue weighted by Gasteiger charge is 2.32. The number of ether oxygens (including phenoxy) is 1. The Morgan fingerprint density at radius 1 is 1.05 bits per heavy atom. The lowest BCUT2D eigenvalue weighted by Gasteiger charge is -2.18. The van der Waals surface area contributed by atoms with E-state index < -0.39 is 21.7 Å². The van der Waals surface area contributed by atoms with E-state index in [4.69, 9.17) is 4.74 Å². The number of nitrogens with one attached hydrogen (secondary N) is 1. The lowest BCUT2D eigenvalue weighted by Crippen LogP contribution is -2.28. The first-order chi connectivity index (χ1) is 18.1. The van der Waals surface area contributed by atoms with Gasteiger partial charge >= 0.3 is 0 Å². The zero-order chi connectivity index (χ0) is 27.2. The normalized spacial score (nSPS) is 14.2. The van der Waals surface area contributed by atoms with Crippen molar-refractivity contribution in [3.05, 3.63) is 70.9 Å². The number of hydrogen-bond donors (Lipinski definition) is 1. The highest BCUT2D eigenvalue weighted by Crippen LogP contribution is 2.36. The number of benzene rings is 2. The van der Waals surface area contributed by atoms with Crippen molar-refractivity contribution in [2.75, 3.05) is 25.5 Å². The molecule has 2 aromatic heterocycles. The zero-order valence-electron chi connectivity index (χ0n) is 21.6. The van der Waals surface area contributed by atoms with E-state index >= 15 is 0 Å². The molecule has 0 radical (unpaired) electrons. The molecule has 1 amide bonds. The van der Waals surface area contributed by atoms with Crippen molar-refractivity contribution in [3.8, 4) is 16.9 Å². The van der Waals surface area contributed by atoms with Gasteiger partial charge in [-0.25, -0.2) is 22.3 Å². The number of methoxy groups -OCH3 is 1. The summed E-state index contributed by atoms with van der Waals surface area (Å²) >= 11 is 0. The number of nitrogens with zero attached hydrogens (tertiary/aromatic N) is 4. The van der Waals surface area contributed by atoms with Crippen LogP contribution < -0.4 is 10.1 Å². The van der Waals surface area contributed by atoms with Gasteiger partial charge in [0.05, 0.1) is 12.7 Å². The Labute approximate surface area is 220 Å². The summed E-state index contributed by atoms with van der Waals surface area (Å²) in [7, 11) is -2.42. The minimum Gasteiger partial charge on any atom is -0.495 e. The van der Waals surface area contributed by atoms with E-state index in [1.807, 2.05) is 19.9 Å². The van der Waals surface area contributed by atoms with Gasteiger partial charge in [-0.3, -0.25) is 4.79 Å². The van der Waals surface area contributed by atoms with Gasteiger partial charge in [0.1, 0.15) is 16.5 Å². The molecule has 0 bridgehead atoms. The summed E-state index contributed by atoms with van der Waals surface area (Å²) in [6.07, 6.45) is 1.59. The summed E-state index contributed by atoms with van der Waals surface area (Å²) in [6, 6.07) is 11.0. The SMILES string of the molecule is COc1ccc(-c2c(C(=O)Nc3ccc(C)c(F)c3)nn3c(C)cc(C)nc23)cc1S(=O)(=O)N1CCCC1. The van der Waals surface area contributed by atoms with Crippen LogP contribution in [0.25, 0.3) is 16.8 Å². The summed E-state index contributed by atoms with van der Waals surface area (Å²) < 4.78 is 49.6. The molecule has 1 saturated heterocycles. The number of anilines is 1. The third-order valence-corrected chi connectivity index (χ3v) is 8.59. The molecule has 2 aromatic carbocycles. The van der Waals surface area contributed by atoms with E-state index in [1.54, 1.807) is 35.7 Å². The van der Waals surface area contributed by atoms with E-state index in [0.29, 0.717) is 41.1 Å². The topological polar surface area (TPSA) is 106 Å². The second-order valence-electron chi connectivity index (χ2n) is 9.39. The molecule has 0 aliphatic carbocycles. The molecule has 0 atom stereocenters. The van der Waals surface area contributed by atoms with Gasteiger partial charge in [0, 0.05) is 30.2 Å². The number of sulfonamides is 1. The van der Waals surface area contributed by atoms with Crippen LogP contribution in [0.2, 0.25) is 0 Å². The molecule has 0 unspecified atom stereocenters. The Bertz CT molecular complexity index is 1680. The fourth-order valence-electron chi connectivity index (χ4n) is 4.71. The predicted octanol–water partition coefficient (Wildman–Crippen LogP) is 4.51. The van der Waals surface area contributed by atoms with Crippen molar-refractivity contribution in [1.29, 1.82) is 0 Å². The number of carbonyl (C=O) groups excluding carboxylic acids is 1. The van der Waals surface area contributed by atoms with E-state index in [2.05, 4.69) is 15.4 Å². The molecule has 0 spiro atoms. The molecule has 3 heterocycles. The van der Waals surface area contributed by atoms with Crippen molar-refractivity contribution >= 4 is 27.3 Å². The standard InChI is InChI=1S/C27H28FN5O4S/c1-16-7-9-20(15-21(16)28)30-27(34)25-24(26-29-17(2)13-18(3)33(26)31-25)19-8-10-22(37-4)23(14-19)38(35,36)32-11-5-6-12-32/h7-10,13-15H,5-6,11-12H2,1-4H3,(H,30,34). The van der Waals surface area contributed by atoms with Gasteiger partial charge in [-0.2, -0.15) is 9.40 Å². The summed E-state index contributed by atoms with van der Waals surface area (Å²) in [6.45, 7) is 6.18. The Kier molecular flexibility index (Phi) is 6.66. The van der Waals surface area contributed by atoms with Crippen LogP contribution in [0.1, 0.15) is 40.3 Å². The Hall–Kier alpha value is -3.83. The first kappa shape index (κ1) is 25.8. The van der Waals surface area contributed by atoms with Gasteiger partial charge in [0.25, 0.3) is 5.91 Å². The average molecular weight is 538 g/mol. The van der Waals surface area contributed by atoms with E-state index in [-0.39, 0.29) is 22.0 Å². The maximum atomic E-state index is 14.1. The molecule has 11 heteroatoms. The lowest BCUT2D eigenvalue weighted by atomic mass is 10.0. The van der Waals surface area contributed by atoms with E-state index in [9.17, 15) is 17.6 Å². The third-order valence-electron chi connectivity index (χ3n) is 6.68. The molecule has 38 heavy (non-hydrogen) atoms. The van der Waals surface area contributed by atoms with Crippen molar-refractivity contribution in [3.63, 3.8) is 0 Å². The molecule has 1 aliphatic heterocycles. The minimum atomic E-state index is -3.84. The maximum Gasteiger partial charge on any atom is 0.276 e. The second kappa shape index (κ2) is 9.80. The van der Waals surface area contributed by atoms with Crippen molar-refractivity contribution in [1.82, 2.24) is 18.9 Å². The first-order valence-electron chi connectivity index (χ1n) is 12.2.